The van der Waals surface area contributed by atoms with Gasteiger partial charge < -0.3 is 21.7 Å². The molecule has 1 saturated carbocycles. The maximum Gasteiger partial charge on any atom is 0.245 e. The second kappa shape index (κ2) is 4.50. The number of carbonyl (C=O) groups is 2. The normalized spacial score (nSPS) is 21.5. The first-order valence-corrected chi connectivity index (χ1v) is 7.59. The van der Waals surface area contributed by atoms with Crippen LogP contribution in [-0.4, -0.2) is 18.4 Å². The highest BCUT2D eigenvalue weighted by atomic mass is 16.2. The number of carbonyl (C=O) groups excluding carboxylic acids is 2. The van der Waals surface area contributed by atoms with Crippen LogP contribution in [-0.2, 0) is 15.0 Å². The van der Waals surface area contributed by atoms with Crippen LogP contribution in [0.3, 0.4) is 0 Å². The molecule has 1 spiro atoms. The Hall–Kier alpha value is -2.50. The SMILES string of the molecule is Nc1cc(NC2=CC(=O)NCC2)c2c(c1)C1(CCC1)C(=O)N2. The van der Waals surface area contributed by atoms with E-state index in [2.05, 4.69) is 16.0 Å². The molecule has 0 bridgehead atoms. The van der Waals surface area contributed by atoms with Crippen LogP contribution in [0.2, 0.25) is 0 Å². The third kappa shape index (κ3) is 1.80. The molecule has 2 amide bonds. The smallest absolute Gasteiger partial charge is 0.245 e. The Kier molecular flexibility index (Phi) is 2.69. The molecule has 114 valence electrons. The van der Waals surface area contributed by atoms with Crippen LogP contribution in [0.4, 0.5) is 17.1 Å². The number of benzene rings is 1. The summed E-state index contributed by atoms with van der Waals surface area (Å²) in [6.07, 6.45) is 5.10. The first-order valence-electron chi connectivity index (χ1n) is 7.59. The molecular weight excluding hydrogens is 280 g/mol. The number of hydrogen-bond acceptors (Lipinski definition) is 4. The second-order valence-corrected chi connectivity index (χ2v) is 6.22. The zero-order chi connectivity index (χ0) is 15.3. The van der Waals surface area contributed by atoms with Crippen LogP contribution in [0.15, 0.2) is 23.9 Å². The van der Waals surface area contributed by atoms with Crippen molar-refractivity contribution in [1.82, 2.24) is 5.32 Å². The van der Waals surface area contributed by atoms with E-state index in [9.17, 15) is 9.59 Å². The average Bonchev–Trinajstić information content (AvgIpc) is 2.71. The zero-order valence-corrected chi connectivity index (χ0v) is 12.2. The first kappa shape index (κ1) is 13.2. The van der Waals surface area contributed by atoms with E-state index in [-0.39, 0.29) is 17.2 Å². The van der Waals surface area contributed by atoms with Gasteiger partial charge in [0.2, 0.25) is 11.8 Å². The number of amides is 2. The molecule has 2 aliphatic heterocycles. The monoisotopic (exact) mass is 298 g/mol. The van der Waals surface area contributed by atoms with Gasteiger partial charge >= 0.3 is 0 Å². The third-order valence-electron chi connectivity index (χ3n) is 4.85. The molecule has 0 saturated heterocycles. The van der Waals surface area contributed by atoms with Crippen molar-refractivity contribution >= 4 is 28.9 Å². The molecule has 1 aliphatic carbocycles. The van der Waals surface area contributed by atoms with Crippen molar-refractivity contribution in [2.45, 2.75) is 31.1 Å². The molecule has 4 rings (SSSR count). The van der Waals surface area contributed by atoms with Gasteiger partial charge in [-0.25, -0.2) is 0 Å². The minimum Gasteiger partial charge on any atom is -0.399 e. The Morgan fingerprint density at radius 3 is 2.73 bits per heavy atom. The van der Waals surface area contributed by atoms with Crippen LogP contribution in [0.5, 0.6) is 0 Å². The van der Waals surface area contributed by atoms with Gasteiger partial charge in [-0.1, -0.05) is 6.42 Å². The summed E-state index contributed by atoms with van der Waals surface area (Å²) in [5.41, 5.74) is 9.68. The lowest BCUT2D eigenvalue weighted by Crippen LogP contribution is -2.40. The van der Waals surface area contributed by atoms with Gasteiger partial charge in [-0.3, -0.25) is 9.59 Å². The highest BCUT2D eigenvalue weighted by Gasteiger charge is 2.51. The summed E-state index contributed by atoms with van der Waals surface area (Å²) in [4.78, 5) is 23.8. The van der Waals surface area contributed by atoms with Gasteiger partial charge in [0.05, 0.1) is 16.8 Å². The first-order chi connectivity index (χ1) is 10.6. The summed E-state index contributed by atoms with van der Waals surface area (Å²) >= 11 is 0. The largest absolute Gasteiger partial charge is 0.399 e. The highest BCUT2D eigenvalue weighted by Crippen LogP contribution is 2.53. The van der Waals surface area contributed by atoms with Gasteiger partial charge in [-0.15, -0.1) is 0 Å². The number of fused-ring (bicyclic) bond motifs is 2. The molecule has 6 nitrogen and oxygen atoms in total. The van der Waals surface area contributed by atoms with Crippen molar-refractivity contribution in [2.24, 2.45) is 0 Å². The molecule has 0 aromatic heterocycles. The van der Waals surface area contributed by atoms with E-state index in [0.29, 0.717) is 12.2 Å². The predicted octanol–water partition coefficient (Wildman–Crippen LogP) is 1.46. The average molecular weight is 298 g/mol. The van der Waals surface area contributed by atoms with E-state index in [1.54, 1.807) is 6.08 Å². The van der Waals surface area contributed by atoms with Crippen LogP contribution in [0, 0.1) is 0 Å². The Morgan fingerprint density at radius 2 is 2.05 bits per heavy atom. The van der Waals surface area contributed by atoms with Crippen molar-refractivity contribution in [2.75, 3.05) is 22.9 Å². The standard InChI is InChI=1S/C16H18N4O2/c17-9-6-11-14(20-15(22)16(11)3-1-4-16)12(7-9)19-10-2-5-18-13(21)8-10/h6-8,19H,1-5,17H2,(H,18,21)(H,20,22). The Balaban J connectivity index is 1.74. The maximum absolute atomic E-state index is 12.4. The lowest BCUT2D eigenvalue weighted by atomic mass is 9.65. The van der Waals surface area contributed by atoms with Crippen molar-refractivity contribution in [1.29, 1.82) is 0 Å². The molecule has 1 fully saturated rings. The molecule has 5 N–H and O–H groups in total. The number of nitrogens with one attached hydrogen (secondary N) is 3. The van der Waals surface area contributed by atoms with E-state index < -0.39 is 0 Å². The van der Waals surface area contributed by atoms with Crippen LogP contribution in [0.25, 0.3) is 0 Å². The van der Waals surface area contributed by atoms with E-state index in [4.69, 9.17) is 5.73 Å². The van der Waals surface area contributed by atoms with Crippen molar-refractivity contribution in [3.63, 3.8) is 0 Å². The summed E-state index contributed by atoms with van der Waals surface area (Å²) in [5.74, 6) is -0.0356. The predicted molar refractivity (Wildman–Crippen MR) is 84.3 cm³/mol. The quantitative estimate of drug-likeness (QED) is 0.621. The summed E-state index contributed by atoms with van der Waals surface area (Å²) in [5, 5.41) is 9.02. The molecule has 0 atom stereocenters. The van der Waals surface area contributed by atoms with Crippen molar-refractivity contribution in [3.8, 4) is 0 Å². The molecule has 2 heterocycles. The van der Waals surface area contributed by atoms with Crippen LogP contribution in [0.1, 0.15) is 31.2 Å². The summed E-state index contributed by atoms with van der Waals surface area (Å²) < 4.78 is 0. The topological polar surface area (TPSA) is 96.2 Å². The number of nitrogen functional groups attached to an aromatic ring is 1. The molecule has 1 aromatic rings. The minimum atomic E-state index is -0.389. The molecule has 0 radical (unpaired) electrons. The maximum atomic E-state index is 12.4. The van der Waals surface area contributed by atoms with E-state index in [1.165, 1.54) is 0 Å². The summed E-state index contributed by atoms with van der Waals surface area (Å²) in [6, 6.07) is 3.71. The van der Waals surface area contributed by atoms with Crippen LogP contribution < -0.4 is 21.7 Å². The summed E-state index contributed by atoms with van der Waals surface area (Å²) in [7, 11) is 0. The van der Waals surface area contributed by atoms with E-state index in [0.717, 1.165) is 48.3 Å². The van der Waals surface area contributed by atoms with Gasteiger partial charge in [0.15, 0.2) is 0 Å². The number of rotatable bonds is 2. The molecule has 0 unspecified atom stereocenters. The minimum absolute atomic E-state index is 0.0674. The fourth-order valence-corrected chi connectivity index (χ4v) is 3.53. The van der Waals surface area contributed by atoms with Gasteiger partial charge in [0.25, 0.3) is 0 Å². The molecule has 3 aliphatic rings. The molecule has 22 heavy (non-hydrogen) atoms. The fraction of sp³-hybridized carbons (Fsp3) is 0.375. The van der Waals surface area contributed by atoms with Crippen LogP contribution >= 0.6 is 0 Å². The molecule has 1 aromatic carbocycles. The van der Waals surface area contributed by atoms with Crippen molar-refractivity contribution < 1.29 is 9.59 Å². The lowest BCUT2D eigenvalue weighted by Gasteiger charge is -2.36. The Labute approximate surface area is 128 Å². The zero-order valence-electron chi connectivity index (χ0n) is 12.2. The van der Waals surface area contributed by atoms with Gasteiger partial charge in [-0.2, -0.15) is 0 Å². The Morgan fingerprint density at radius 1 is 1.23 bits per heavy atom. The number of hydrogen-bond donors (Lipinski definition) is 4. The van der Waals surface area contributed by atoms with Gasteiger partial charge in [0, 0.05) is 30.4 Å². The summed E-state index contributed by atoms with van der Waals surface area (Å²) in [6.45, 7) is 0.610. The van der Waals surface area contributed by atoms with E-state index in [1.807, 2.05) is 12.1 Å². The Bertz CT molecular complexity index is 719. The highest BCUT2D eigenvalue weighted by molar-refractivity contribution is 6.10. The number of anilines is 3. The third-order valence-corrected chi connectivity index (χ3v) is 4.85. The lowest BCUT2D eigenvalue weighted by molar-refractivity contribution is -0.123. The number of nitrogens with two attached hydrogens (primary N) is 1. The van der Waals surface area contributed by atoms with Gasteiger partial charge in [-0.05, 0) is 30.5 Å². The van der Waals surface area contributed by atoms with Crippen molar-refractivity contribution in [3.05, 3.63) is 29.5 Å². The molecule has 6 heteroatoms. The second-order valence-electron chi connectivity index (χ2n) is 6.22. The molecular formula is C16H18N4O2. The fourth-order valence-electron chi connectivity index (χ4n) is 3.53. The van der Waals surface area contributed by atoms with E-state index >= 15 is 0 Å². The van der Waals surface area contributed by atoms with Gasteiger partial charge in [0.1, 0.15) is 0 Å².